The normalized spacial score (nSPS) is 20.3. The number of methoxy groups -OCH3 is 1. The number of carbonyl (C=O) groups is 3. The number of aliphatic carboxylic acids is 1. The Morgan fingerprint density at radius 1 is 1.50 bits per heavy atom. The lowest BCUT2D eigenvalue weighted by atomic mass is 9.92. The largest absolute Gasteiger partial charge is 0.480 e. The molecule has 0 saturated carbocycles. The molecule has 1 atom stereocenters. The SMILES string of the molecule is COCCCC(C(=O)O)N1C(=O)CC(C)(C)C1=O. The number of rotatable bonds is 6. The van der Waals surface area contributed by atoms with Crippen molar-refractivity contribution in [3.63, 3.8) is 0 Å². The highest BCUT2D eigenvalue weighted by Crippen LogP contribution is 2.33. The molecule has 0 radical (unpaired) electrons. The summed E-state index contributed by atoms with van der Waals surface area (Å²) in [5.74, 6) is -1.96. The molecular formula is C12H19NO5. The quantitative estimate of drug-likeness (QED) is 0.558. The fourth-order valence-corrected chi connectivity index (χ4v) is 2.08. The topological polar surface area (TPSA) is 83.9 Å². The van der Waals surface area contributed by atoms with Crippen LogP contribution in [0.2, 0.25) is 0 Å². The third-order valence-corrected chi connectivity index (χ3v) is 3.08. The molecule has 1 rings (SSSR count). The minimum atomic E-state index is -1.15. The minimum Gasteiger partial charge on any atom is -0.480 e. The zero-order valence-electron chi connectivity index (χ0n) is 10.9. The Labute approximate surface area is 106 Å². The molecule has 0 aromatic heterocycles. The number of nitrogens with zero attached hydrogens (tertiary/aromatic N) is 1. The third-order valence-electron chi connectivity index (χ3n) is 3.08. The first-order valence-electron chi connectivity index (χ1n) is 5.89. The molecule has 1 unspecified atom stereocenters. The standard InChI is InChI=1S/C12H19NO5/c1-12(2)7-9(14)13(11(12)17)8(10(15)16)5-4-6-18-3/h8H,4-7H2,1-3H3,(H,15,16). The van der Waals surface area contributed by atoms with Crippen LogP contribution >= 0.6 is 0 Å². The van der Waals surface area contributed by atoms with Gasteiger partial charge in [-0.2, -0.15) is 0 Å². The van der Waals surface area contributed by atoms with Crippen LogP contribution in [-0.2, 0) is 19.1 Å². The van der Waals surface area contributed by atoms with Crippen molar-refractivity contribution in [1.29, 1.82) is 0 Å². The van der Waals surface area contributed by atoms with Gasteiger partial charge in [0.05, 0.1) is 5.41 Å². The van der Waals surface area contributed by atoms with Gasteiger partial charge in [-0.15, -0.1) is 0 Å². The highest BCUT2D eigenvalue weighted by atomic mass is 16.5. The number of carboxylic acids is 1. The van der Waals surface area contributed by atoms with E-state index in [1.54, 1.807) is 13.8 Å². The van der Waals surface area contributed by atoms with Gasteiger partial charge in [0.2, 0.25) is 11.8 Å². The number of amides is 2. The lowest BCUT2D eigenvalue weighted by molar-refractivity contribution is -0.155. The van der Waals surface area contributed by atoms with Crippen molar-refractivity contribution < 1.29 is 24.2 Å². The fraction of sp³-hybridized carbons (Fsp3) is 0.750. The van der Waals surface area contributed by atoms with Crippen molar-refractivity contribution in [2.75, 3.05) is 13.7 Å². The summed E-state index contributed by atoms with van der Waals surface area (Å²) in [7, 11) is 1.52. The van der Waals surface area contributed by atoms with Gasteiger partial charge in [0.15, 0.2) is 0 Å². The highest BCUT2D eigenvalue weighted by Gasteiger charge is 2.49. The Morgan fingerprint density at radius 2 is 2.11 bits per heavy atom. The molecule has 18 heavy (non-hydrogen) atoms. The Balaban J connectivity index is 2.83. The molecule has 1 aliphatic heterocycles. The molecule has 1 heterocycles. The number of hydrogen-bond donors (Lipinski definition) is 1. The lowest BCUT2D eigenvalue weighted by Gasteiger charge is -2.24. The predicted octanol–water partition coefficient (Wildman–Crippen LogP) is 0.651. The fourth-order valence-electron chi connectivity index (χ4n) is 2.08. The van der Waals surface area contributed by atoms with Gasteiger partial charge in [-0.05, 0) is 12.8 Å². The van der Waals surface area contributed by atoms with Crippen LogP contribution in [-0.4, -0.2) is 47.5 Å². The van der Waals surface area contributed by atoms with Crippen molar-refractivity contribution in [1.82, 2.24) is 4.90 Å². The van der Waals surface area contributed by atoms with E-state index in [0.29, 0.717) is 13.0 Å². The first kappa shape index (κ1) is 14.6. The van der Waals surface area contributed by atoms with E-state index in [1.165, 1.54) is 7.11 Å². The summed E-state index contributed by atoms with van der Waals surface area (Å²) in [5.41, 5.74) is -0.800. The monoisotopic (exact) mass is 257 g/mol. The molecule has 102 valence electrons. The van der Waals surface area contributed by atoms with E-state index in [1.807, 2.05) is 0 Å². The van der Waals surface area contributed by atoms with Crippen molar-refractivity contribution in [2.24, 2.45) is 5.41 Å². The Hall–Kier alpha value is -1.43. The van der Waals surface area contributed by atoms with Crippen molar-refractivity contribution in [3.8, 4) is 0 Å². The molecule has 2 amide bonds. The summed E-state index contributed by atoms with van der Waals surface area (Å²) >= 11 is 0. The van der Waals surface area contributed by atoms with Gasteiger partial charge in [-0.1, -0.05) is 13.8 Å². The minimum absolute atomic E-state index is 0.0693. The number of ether oxygens (including phenoxy) is 1. The highest BCUT2D eigenvalue weighted by molar-refractivity contribution is 6.07. The second-order valence-electron chi connectivity index (χ2n) is 5.12. The summed E-state index contributed by atoms with van der Waals surface area (Å²) < 4.78 is 4.85. The second-order valence-corrected chi connectivity index (χ2v) is 5.12. The third kappa shape index (κ3) is 2.87. The van der Waals surface area contributed by atoms with Crippen LogP contribution in [0.5, 0.6) is 0 Å². The van der Waals surface area contributed by atoms with Crippen LogP contribution in [0.15, 0.2) is 0 Å². The molecule has 1 N–H and O–H groups in total. The maximum absolute atomic E-state index is 12.0. The zero-order valence-corrected chi connectivity index (χ0v) is 10.9. The van der Waals surface area contributed by atoms with Crippen molar-refractivity contribution in [2.45, 2.75) is 39.2 Å². The van der Waals surface area contributed by atoms with Gasteiger partial charge in [-0.3, -0.25) is 14.5 Å². The van der Waals surface area contributed by atoms with Crippen LogP contribution in [0.25, 0.3) is 0 Å². The molecule has 0 aromatic carbocycles. The van der Waals surface area contributed by atoms with Crippen LogP contribution < -0.4 is 0 Å². The van der Waals surface area contributed by atoms with Crippen LogP contribution in [0.4, 0.5) is 0 Å². The number of carbonyl (C=O) groups excluding carboxylic acids is 2. The molecule has 0 aliphatic carbocycles. The maximum atomic E-state index is 12.0. The first-order valence-corrected chi connectivity index (χ1v) is 5.89. The maximum Gasteiger partial charge on any atom is 0.326 e. The van der Waals surface area contributed by atoms with Crippen molar-refractivity contribution >= 4 is 17.8 Å². The molecule has 0 bridgehead atoms. The van der Waals surface area contributed by atoms with Crippen LogP contribution in [0, 0.1) is 5.41 Å². The summed E-state index contributed by atoms with van der Waals surface area (Å²) in [5, 5.41) is 9.15. The van der Waals surface area contributed by atoms with Crippen LogP contribution in [0.3, 0.4) is 0 Å². The molecule has 0 spiro atoms. The molecule has 0 aromatic rings. The van der Waals surface area contributed by atoms with E-state index in [-0.39, 0.29) is 12.8 Å². The molecule has 1 aliphatic rings. The average molecular weight is 257 g/mol. The predicted molar refractivity (Wildman–Crippen MR) is 62.8 cm³/mol. The smallest absolute Gasteiger partial charge is 0.326 e. The molecule has 6 heteroatoms. The number of likely N-dealkylation sites (tertiary alicyclic amines) is 1. The van der Waals surface area contributed by atoms with Crippen LogP contribution in [0.1, 0.15) is 33.1 Å². The lowest BCUT2D eigenvalue weighted by Crippen LogP contribution is -2.46. The van der Waals surface area contributed by atoms with Crippen molar-refractivity contribution in [3.05, 3.63) is 0 Å². The van der Waals surface area contributed by atoms with E-state index >= 15 is 0 Å². The first-order chi connectivity index (χ1) is 8.31. The summed E-state index contributed by atoms with van der Waals surface area (Å²) in [4.78, 5) is 35.9. The van der Waals surface area contributed by atoms with Gasteiger partial charge in [0, 0.05) is 20.1 Å². The van der Waals surface area contributed by atoms with E-state index in [9.17, 15) is 14.4 Å². The van der Waals surface area contributed by atoms with E-state index < -0.39 is 29.2 Å². The summed E-state index contributed by atoms with van der Waals surface area (Å²) in [6, 6.07) is -1.08. The Bertz CT molecular complexity index is 363. The molecule has 6 nitrogen and oxygen atoms in total. The molecule has 1 fully saturated rings. The number of imide groups is 1. The summed E-state index contributed by atoms with van der Waals surface area (Å²) in [6.45, 7) is 3.71. The van der Waals surface area contributed by atoms with Gasteiger partial charge >= 0.3 is 5.97 Å². The zero-order chi connectivity index (χ0) is 13.9. The van der Waals surface area contributed by atoms with E-state index in [2.05, 4.69) is 0 Å². The average Bonchev–Trinajstić information content (AvgIpc) is 2.44. The van der Waals surface area contributed by atoms with E-state index in [0.717, 1.165) is 4.90 Å². The van der Waals surface area contributed by atoms with Gasteiger partial charge in [0.1, 0.15) is 6.04 Å². The van der Waals surface area contributed by atoms with Gasteiger partial charge < -0.3 is 9.84 Å². The Kier molecular flexibility index (Phi) is 4.45. The number of carboxylic acid groups (broad SMARTS) is 1. The second kappa shape index (κ2) is 5.48. The van der Waals surface area contributed by atoms with Gasteiger partial charge in [0.25, 0.3) is 0 Å². The van der Waals surface area contributed by atoms with Gasteiger partial charge in [-0.25, -0.2) is 4.79 Å². The molecule has 1 saturated heterocycles. The van der Waals surface area contributed by atoms with E-state index in [4.69, 9.17) is 9.84 Å². The summed E-state index contributed by atoms with van der Waals surface area (Å²) in [6.07, 6.45) is 0.779. The molecular weight excluding hydrogens is 238 g/mol. The number of hydrogen-bond acceptors (Lipinski definition) is 4. The Morgan fingerprint density at radius 3 is 2.50 bits per heavy atom.